The molecule has 0 amide bonds. The minimum absolute atomic E-state index is 0.0263. The van der Waals surface area contributed by atoms with Crippen molar-refractivity contribution in [3.05, 3.63) is 35.5 Å². The van der Waals surface area contributed by atoms with Crippen molar-refractivity contribution in [2.24, 2.45) is 0 Å². The summed E-state index contributed by atoms with van der Waals surface area (Å²) in [5.41, 5.74) is -6.47. The number of halogens is 3. The number of rotatable bonds is 4. The molecule has 112 valence electrons. The van der Waals surface area contributed by atoms with E-state index in [1.54, 1.807) is 0 Å². The van der Waals surface area contributed by atoms with E-state index in [0.29, 0.717) is 6.08 Å². The highest BCUT2D eigenvalue weighted by molar-refractivity contribution is 7.87. The smallest absolute Gasteiger partial charge is 0.534 e. The molecule has 0 aromatic rings. The third-order valence-electron chi connectivity index (χ3n) is 1.98. The van der Waals surface area contributed by atoms with E-state index < -0.39 is 33.0 Å². The zero-order chi connectivity index (χ0) is 15.6. The lowest BCUT2D eigenvalue weighted by Gasteiger charge is -2.19. The Morgan fingerprint density at radius 1 is 1.40 bits per heavy atom. The summed E-state index contributed by atoms with van der Waals surface area (Å²) in [6.45, 7) is 1.54. The predicted molar refractivity (Wildman–Crippen MR) is 59.7 cm³/mol. The lowest BCUT2D eigenvalue weighted by atomic mass is 10.1. The lowest BCUT2D eigenvalue weighted by Crippen LogP contribution is -2.27. The van der Waals surface area contributed by atoms with Crippen molar-refractivity contribution in [3.63, 3.8) is 0 Å². The number of nitrogens with one attached hydrogen (secondary N) is 1. The molecule has 0 saturated carbocycles. The van der Waals surface area contributed by atoms with E-state index in [9.17, 15) is 26.7 Å². The Hall–Kier alpha value is -1.97. The largest absolute Gasteiger partial charge is 0.613 e. The van der Waals surface area contributed by atoms with Gasteiger partial charge in [-0.15, -0.1) is 0 Å². The van der Waals surface area contributed by atoms with Gasteiger partial charge in [0.1, 0.15) is 0 Å². The molecule has 10 heteroatoms. The van der Waals surface area contributed by atoms with Gasteiger partial charge in [0, 0.05) is 5.57 Å². The molecule has 1 N–H and O–H groups in total. The second-order valence-electron chi connectivity index (χ2n) is 3.41. The molecular formula is C10H9F3NO5S-. The van der Waals surface area contributed by atoms with Crippen molar-refractivity contribution < 1.29 is 35.6 Å². The Bertz CT molecular complexity index is 601. The molecule has 0 atom stereocenters. The number of alkyl halides is 3. The van der Waals surface area contributed by atoms with E-state index in [4.69, 9.17) is 5.41 Å². The van der Waals surface area contributed by atoms with Crippen LogP contribution in [0.25, 0.3) is 0 Å². The van der Waals surface area contributed by atoms with E-state index >= 15 is 0 Å². The van der Waals surface area contributed by atoms with Gasteiger partial charge in [-0.1, -0.05) is 13.0 Å². The summed E-state index contributed by atoms with van der Waals surface area (Å²) in [4.78, 5) is 0. The van der Waals surface area contributed by atoms with Crippen LogP contribution >= 0.6 is 0 Å². The molecule has 20 heavy (non-hydrogen) atoms. The van der Waals surface area contributed by atoms with Crippen molar-refractivity contribution in [1.29, 1.82) is 5.41 Å². The first-order valence-electron chi connectivity index (χ1n) is 5.12. The Balaban J connectivity index is 3.12. The van der Waals surface area contributed by atoms with Crippen LogP contribution in [0.4, 0.5) is 13.2 Å². The van der Waals surface area contributed by atoms with Crippen LogP contribution in [0.3, 0.4) is 0 Å². The van der Waals surface area contributed by atoms with Gasteiger partial charge in [-0.25, -0.2) is 0 Å². The molecule has 1 aliphatic carbocycles. The Morgan fingerprint density at radius 3 is 2.50 bits per heavy atom. The molecule has 0 heterocycles. The highest BCUT2D eigenvalue weighted by atomic mass is 32.2. The predicted octanol–water partition coefficient (Wildman–Crippen LogP) is 0.934. The second-order valence-corrected chi connectivity index (χ2v) is 4.95. The third kappa shape index (κ3) is 3.53. The van der Waals surface area contributed by atoms with Crippen LogP contribution in [0, 0.1) is 5.41 Å². The zero-order valence-electron chi connectivity index (χ0n) is 10.0. The molecule has 0 saturated heterocycles. The molecule has 0 fully saturated rings. The minimum atomic E-state index is -5.90. The van der Waals surface area contributed by atoms with Gasteiger partial charge in [-0.2, -0.15) is 21.6 Å². The SMILES string of the molecule is CCOC([O-])=C1C=CC(=N)C(OS(=O)(=O)C(F)(F)F)=C1. The topological polar surface area (TPSA) is 99.5 Å². The van der Waals surface area contributed by atoms with Crippen LogP contribution < -0.4 is 5.11 Å². The quantitative estimate of drug-likeness (QED) is 0.473. The van der Waals surface area contributed by atoms with Gasteiger partial charge in [-0.05, 0) is 18.8 Å². The van der Waals surface area contributed by atoms with E-state index in [0.717, 1.165) is 12.2 Å². The monoisotopic (exact) mass is 312 g/mol. The summed E-state index contributed by atoms with van der Waals surface area (Å²) >= 11 is 0. The fourth-order valence-corrected chi connectivity index (χ4v) is 1.57. The molecule has 0 radical (unpaired) electrons. The van der Waals surface area contributed by atoms with Gasteiger partial charge in [0.25, 0.3) is 0 Å². The molecular weight excluding hydrogens is 303 g/mol. The molecule has 0 aromatic carbocycles. The molecule has 0 unspecified atom stereocenters. The zero-order valence-corrected chi connectivity index (χ0v) is 10.8. The molecule has 6 nitrogen and oxygen atoms in total. The van der Waals surface area contributed by atoms with Crippen LogP contribution in [0.1, 0.15) is 6.92 Å². The van der Waals surface area contributed by atoms with Crippen LogP contribution in [0.2, 0.25) is 0 Å². The maximum absolute atomic E-state index is 12.2. The highest BCUT2D eigenvalue weighted by Crippen LogP contribution is 2.28. The summed E-state index contributed by atoms with van der Waals surface area (Å²) in [5, 5.41) is 18.6. The van der Waals surface area contributed by atoms with Crippen LogP contribution in [-0.4, -0.2) is 26.2 Å². The first kappa shape index (κ1) is 16.1. The van der Waals surface area contributed by atoms with Crippen LogP contribution in [0.15, 0.2) is 35.5 Å². The average Bonchev–Trinajstić information content (AvgIpc) is 2.30. The van der Waals surface area contributed by atoms with E-state index in [-0.39, 0.29) is 12.2 Å². The highest BCUT2D eigenvalue weighted by Gasteiger charge is 2.49. The average molecular weight is 312 g/mol. The van der Waals surface area contributed by atoms with Crippen molar-refractivity contribution in [3.8, 4) is 0 Å². The first-order chi connectivity index (χ1) is 9.08. The fourth-order valence-electron chi connectivity index (χ4n) is 1.10. The standard InChI is InChI=1S/C10H10F3NO5S/c1-2-18-9(15)6-3-4-7(14)8(5-6)19-20(16,17)10(11,12)13/h3-5,14-15H,2H2,1H3/p-1. The van der Waals surface area contributed by atoms with E-state index in [1.165, 1.54) is 6.92 Å². The summed E-state index contributed by atoms with van der Waals surface area (Å²) in [7, 11) is -5.90. The summed E-state index contributed by atoms with van der Waals surface area (Å²) in [6.07, 6.45) is 2.73. The molecule has 0 aromatic heterocycles. The Labute approximate surface area is 112 Å². The van der Waals surface area contributed by atoms with E-state index in [2.05, 4.69) is 8.92 Å². The van der Waals surface area contributed by atoms with E-state index in [1.807, 2.05) is 0 Å². The number of ether oxygens (including phenoxy) is 1. The van der Waals surface area contributed by atoms with Gasteiger partial charge in [0.15, 0.2) is 5.76 Å². The number of hydrogen-bond donors (Lipinski definition) is 1. The van der Waals surface area contributed by atoms with Crippen LogP contribution in [0.5, 0.6) is 0 Å². The van der Waals surface area contributed by atoms with Gasteiger partial charge < -0.3 is 14.0 Å². The first-order valence-corrected chi connectivity index (χ1v) is 6.53. The Morgan fingerprint density at radius 2 is 2.00 bits per heavy atom. The normalized spacial score (nSPS) is 18.6. The van der Waals surface area contributed by atoms with Crippen molar-refractivity contribution >= 4 is 15.8 Å². The van der Waals surface area contributed by atoms with Gasteiger partial charge in [-0.3, -0.25) is 5.41 Å². The van der Waals surface area contributed by atoms with Gasteiger partial charge in [0.2, 0.25) is 0 Å². The second kappa shape index (κ2) is 5.57. The van der Waals surface area contributed by atoms with Gasteiger partial charge in [0.05, 0.1) is 11.7 Å². The van der Waals surface area contributed by atoms with Crippen LogP contribution in [-0.2, 0) is 19.0 Å². The number of allylic oxidation sites excluding steroid dienone is 4. The number of hydrogen-bond acceptors (Lipinski definition) is 6. The third-order valence-corrected chi connectivity index (χ3v) is 2.94. The molecule has 1 aliphatic rings. The molecule has 0 aliphatic heterocycles. The summed E-state index contributed by atoms with van der Waals surface area (Å²) in [5.74, 6) is -1.78. The lowest BCUT2D eigenvalue weighted by molar-refractivity contribution is -0.357. The van der Waals surface area contributed by atoms with Gasteiger partial charge >= 0.3 is 15.6 Å². The molecule has 0 spiro atoms. The summed E-state index contributed by atoms with van der Waals surface area (Å²) < 4.78 is 66.6. The fraction of sp³-hybridized carbons (Fsp3) is 0.300. The van der Waals surface area contributed by atoms with Crippen molar-refractivity contribution in [2.45, 2.75) is 12.4 Å². The maximum atomic E-state index is 12.2. The van der Waals surface area contributed by atoms with Crippen molar-refractivity contribution in [1.82, 2.24) is 0 Å². The Kier molecular flexibility index (Phi) is 4.48. The minimum Gasteiger partial charge on any atom is -0.613 e. The summed E-state index contributed by atoms with van der Waals surface area (Å²) in [6, 6.07) is 0. The molecule has 1 rings (SSSR count). The molecule has 0 bridgehead atoms. The maximum Gasteiger partial charge on any atom is 0.534 e. The van der Waals surface area contributed by atoms with Crippen molar-refractivity contribution in [2.75, 3.05) is 6.61 Å².